The zero-order chi connectivity index (χ0) is 18.1. The van der Waals surface area contributed by atoms with Gasteiger partial charge in [-0.1, -0.05) is 36.4 Å². The van der Waals surface area contributed by atoms with Crippen LogP contribution in [0.25, 0.3) is 11.3 Å². The molecule has 1 fully saturated rings. The fraction of sp³-hybridized carbons (Fsp3) is 0.294. The van der Waals surface area contributed by atoms with Gasteiger partial charge in [-0.2, -0.15) is 23.1 Å². The Morgan fingerprint density at radius 1 is 1.27 bits per heavy atom. The van der Waals surface area contributed by atoms with Gasteiger partial charge in [-0.25, -0.2) is 4.31 Å². The van der Waals surface area contributed by atoms with Crippen molar-refractivity contribution in [2.75, 3.05) is 23.9 Å². The molecule has 1 aromatic carbocycles. The van der Waals surface area contributed by atoms with Crippen molar-refractivity contribution in [1.29, 1.82) is 5.26 Å². The molecule has 0 saturated carbocycles. The number of benzene rings is 1. The SMILES string of the molecule is N#CN1CC[C@@H](N2CC=CN(c3cc(-c4ccccc4)[nH]n3)S2(=O)=O)C1. The van der Waals surface area contributed by atoms with Crippen LogP contribution in [0.15, 0.2) is 48.7 Å². The Balaban J connectivity index is 1.61. The van der Waals surface area contributed by atoms with Crippen molar-refractivity contribution in [3.63, 3.8) is 0 Å². The fourth-order valence-electron chi connectivity index (χ4n) is 3.32. The first kappa shape index (κ1) is 16.6. The zero-order valence-corrected chi connectivity index (χ0v) is 14.8. The van der Waals surface area contributed by atoms with E-state index in [1.807, 2.05) is 30.3 Å². The van der Waals surface area contributed by atoms with Crippen molar-refractivity contribution in [2.45, 2.75) is 12.5 Å². The van der Waals surface area contributed by atoms with E-state index < -0.39 is 10.2 Å². The van der Waals surface area contributed by atoms with Crippen LogP contribution in [0.3, 0.4) is 0 Å². The van der Waals surface area contributed by atoms with E-state index in [0.29, 0.717) is 31.9 Å². The largest absolute Gasteiger partial charge is 0.309 e. The van der Waals surface area contributed by atoms with Crippen LogP contribution in [0, 0.1) is 11.5 Å². The average molecular weight is 370 g/mol. The summed E-state index contributed by atoms with van der Waals surface area (Å²) in [5, 5.41) is 16.1. The second-order valence-corrected chi connectivity index (χ2v) is 8.01. The van der Waals surface area contributed by atoms with E-state index in [1.54, 1.807) is 17.0 Å². The minimum absolute atomic E-state index is 0.209. The fourth-order valence-corrected chi connectivity index (χ4v) is 4.94. The molecule has 2 aliphatic rings. The van der Waals surface area contributed by atoms with Crippen molar-refractivity contribution in [2.24, 2.45) is 0 Å². The second kappa shape index (κ2) is 6.48. The van der Waals surface area contributed by atoms with Crippen molar-refractivity contribution < 1.29 is 8.42 Å². The highest BCUT2D eigenvalue weighted by Crippen LogP contribution is 2.29. The lowest BCUT2D eigenvalue weighted by Crippen LogP contribution is -2.50. The van der Waals surface area contributed by atoms with Crippen molar-refractivity contribution >= 4 is 16.0 Å². The number of H-pyrrole nitrogens is 1. The summed E-state index contributed by atoms with van der Waals surface area (Å²) in [5.74, 6) is 0.319. The monoisotopic (exact) mass is 370 g/mol. The number of likely N-dealkylation sites (tertiary alicyclic amines) is 1. The van der Waals surface area contributed by atoms with Gasteiger partial charge in [0.2, 0.25) is 0 Å². The third kappa shape index (κ3) is 2.83. The van der Waals surface area contributed by atoms with E-state index >= 15 is 0 Å². The number of anilines is 1. The smallest absolute Gasteiger partial charge is 0.309 e. The second-order valence-electron chi connectivity index (χ2n) is 6.25. The first-order valence-electron chi connectivity index (χ1n) is 8.33. The normalized spacial score (nSPS) is 22.5. The van der Waals surface area contributed by atoms with Crippen LogP contribution < -0.4 is 4.31 Å². The van der Waals surface area contributed by atoms with Crippen LogP contribution >= 0.6 is 0 Å². The summed E-state index contributed by atoms with van der Waals surface area (Å²) in [6.07, 6.45) is 6.06. The Morgan fingerprint density at radius 3 is 2.81 bits per heavy atom. The average Bonchev–Trinajstić information content (AvgIpc) is 3.31. The van der Waals surface area contributed by atoms with Gasteiger partial charge in [0.1, 0.15) is 0 Å². The lowest BCUT2D eigenvalue weighted by molar-refractivity contribution is 0.339. The van der Waals surface area contributed by atoms with Gasteiger partial charge in [0.15, 0.2) is 12.0 Å². The highest BCUT2D eigenvalue weighted by molar-refractivity contribution is 7.90. The molecule has 134 valence electrons. The van der Waals surface area contributed by atoms with Crippen LogP contribution in [0.4, 0.5) is 5.82 Å². The Labute approximate surface area is 152 Å². The molecule has 2 aromatic rings. The molecule has 0 amide bonds. The Hall–Kier alpha value is -2.83. The summed E-state index contributed by atoms with van der Waals surface area (Å²) < 4.78 is 28.8. The predicted octanol–water partition coefficient (Wildman–Crippen LogP) is 1.51. The standard InChI is InChI=1S/C17H18N6O2S/c18-13-21-10-7-15(12-21)22-8-4-9-23(26(22,24)25)17-11-16(19-20-17)14-5-2-1-3-6-14/h1-6,9,11,15H,7-8,10,12H2,(H,19,20)/t15-/m1/s1. The van der Waals surface area contributed by atoms with Gasteiger partial charge in [0.05, 0.1) is 5.69 Å². The molecule has 4 rings (SSSR count). The highest BCUT2D eigenvalue weighted by Gasteiger charge is 2.39. The number of aromatic amines is 1. The molecule has 0 aliphatic carbocycles. The number of rotatable bonds is 3. The van der Waals surface area contributed by atoms with Gasteiger partial charge in [-0.3, -0.25) is 5.10 Å². The molecular weight excluding hydrogens is 352 g/mol. The van der Waals surface area contributed by atoms with E-state index in [9.17, 15) is 8.42 Å². The number of nitriles is 1. The number of nitrogens with zero attached hydrogens (tertiary/aromatic N) is 5. The molecule has 9 heteroatoms. The number of hydrogen-bond acceptors (Lipinski definition) is 5. The van der Waals surface area contributed by atoms with Gasteiger partial charge >= 0.3 is 10.2 Å². The lowest BCUT2D eigenvalue weighted by Gasteiger charge is -2.33. The molecule has 8 nitrogen and oxygen atoms in total. The van der Waals surface area contributed by atoms with Gasteiger partial charge in [0, 0.05) is 37.9 Å². The van der Waals surface area contributed by atoms with Crippen LogP contribution in [0.5, 0.6) is 0 Å². The predicted molar refractivity (Wildman–Crippen MR) is 96.9 cm³/mol. The molecule has 0 radical (unpaired) electrons. The molecule has 1 atom stereocenters. The van der Waals surface area contributed by atoms with Crippen molar-refractivity contribution in [3.8, 4) is 17.5 Å². The molecule has 0 bridgehead atoms. The molecule has 0 unspecified atom stereocenters. The molecule has 1 aromatic heterocycles. The van der Waals surface area contributed by atoms with Crippen LogP contribution in [0.1, 0.15) is 6.42 Å². The minimum atomic E-state index is -3.74. The van der Waals surface area contributed by atoms with E-state index in [1.165, 1.54) is 14.8 Å². The van der Waals surface area contributed by atoms with Crippen molar-refractivity contribution in [3.05, 3.63) is 48.7 Å². The molecule has 2 aliphatic heterocycles. The molecule has 1 saturated heterocycles. The lowest BCUT2D eigenvalue weighted by atomic mass is 10.2. The summed E-state index contributed by atoms with van der Waals surface area (Å²) in [5.41, 5.74) is 1.68. The molecule has 1 N–H and O–H groups in total. The maximum atomic E-state index is 13.1. The summed E-state index contributed by atoms with van der Waals surface area (Å²) >= 11 is 0. The summed E-state index contributed by atoms with van der Waals surface area (Å²) in [7, 11) is -3.74. The molecule has 26 heavy (non-hydrogen) atoms. The topological polar surface area (TPSA) is 96.3 Å². The van der Waals surface area contributed by atoms with Gasteiger partial charge in [-0.05, 0) is 12.0 Å². The summed E-state index contributed by atoms with van der Waals surface area (Å²) in [4.78, 5) is 1.59. The quantitative estimate of drug-likeness (QED) is 0.826. The van der Waals surface area contributed by atoms with E-state index in [0.717, 1.165) is 11.3 Å². The summed E-state index contributed by atoms with van der Waals surface area (Å²) in [6, 6.07) is 11.1. The number of hydrogen-bond donors (Lipinski definition) is 1. The third-order valence-electron chi connectivity index (χ3n) is 4.66. The van der Waals surface area contributed by atoms with Crippen LogP contribution in [0.2, 0.25) is 0 Å². The Bertz CT molecular complexity index is 963. The maximum absolute atomic E-state index is 13.1. The first-order chi connectivity index (χ1) is 12.6. The molecule has 3 heterocycles. The number of aromatic nitrogens is 2. The summed E-state index contributed by atoms with van der Waals surface area (Å²) in [6.45, 7) is 1.31. The first-order valence-corrected chi connectivity index (χ1v) is 9.72. The van der Waals surface area contributed by atoms with Crippen LogP contribution in [-0.2, 0) is 10.2 Å². The van der Waals surface area contributed by atoms with Gasteiger partial charge in [0.25, 0.3) is 0 Å². The van der Waals surface area contributed by atoms with Gasteiger partial charge < -0.3 is 4.90 Å². The zero-order valence-electron chi connectivity index (χ0n) is 14.0. The maximum Gasteiger partial charge on any atom is 0.309 e. The van der Waals surface area contributed by atoms with Gasteiger partial charge in [-0.15, -0.1) is 0 Å². The third-order valence-corrected chi connectivity index (χ3v) is 6.50. The highest BCUT2D eigenvalue weighted by atomic mass is 32.2. The van der Waals surface area contributed by atoms with E-state index in [2.05, 4.69) is 16.4 Å². The molecular formula is C17H18N6O2S. The van der Waals surface area contributed by atoms with Crippen LogP contribution in [-0.4, -0.2) is 53.5 Å². The minimum Gasteiger partial charge on any atom is -0.309 e. The Morgan fingerprint density at radius 2 is 2.08 bits per heavy atom. The Kier molecular flexibility index (Phi) is 4.14. The van der Waals surface area contributed by atoms with Crippen molar-refractivity contribution in [1.82, 2.24) is 19.4 Å². The van der Waals surface area contributed by atoms with E-state index in [4.69, 9.17) is 5.26 Å². The molecule has 0 spiro atoms. The van der Waals surface area contributed by atoms with E-state index in [-0.39, 0.29) is 6.04 Å². The number of nitrogens with one attached hydrogen (secondary N) is 1.